The average Bonchev–Trinajstić information content (AvgIpc) is 2.40. The Morgan fingerprint density at radius 2 is 1.70 bits per heavy atom. The summed E-state index contributed by atoms with van der Waals surface area (Å²) in [6.45, 7) is 5.89. The topological polar surface area (TPSA) is 47.0 Å². The predicted octanol–water partition coefficient (Wildman–Crippen LogP) is 3.02. The molecule has 2 rings (SSSR count). The van der Waals surface area contributed by atoms with Crippen molar-refractivity contribution in [2.75, 3.05) is 5.75 Å². The quantitative estimate of drug-likeness (QED) is 0.869. The zero-order valence-electron chi connectivity index (χ0n) is 12.1. The van der Waals surface area contributed by atoms with Crippen molar-refractivity contribution in [1.29, 1.82) is 0 Å². The molecule has 2 aromatic rings. The number of sulfone groups is 1. The van der Waals surface area contributed by atoms with Crippen LogP contribution in [0.5, 0.6) is 0 Å². The zero-order chi connectivity index (χ0) is 14.8. The Balaban J connectivity index is 2.19. The van der Waals surface area contributed by atoms with Crippen molar-refractivity contribution in [2.24, 2.45) is 0 Å². The van der Waals surface area contributed by atoms with Crippen LogP contribution in [-0.2, 0) is 16.3 Å². The highest BCUT2D eigenvalue weighted by Crippen LogP contribution is 2.15. The standard InChI is InChI=1S/C16H19NO2S/c1-12-4-5-14(3)15(10-12)7-9-20(18,19)16-11-13(2)6-8-17-16/h4-6,8,10-11H,7,9H2,1-3H3. The first-order valence-corrected chi connectivity index (χ1v) is 8.25. The van der Waals surface area contributed by atoms with Gasteiger partial charge in [-0.15, -0.1) is 0 Å². The molecule has 0 unspecified atom stereocenters. The molecule has 0 aliphatic carbocycles. The number of aryl methyl sites for hydroxylation is 4. The van der Waals surface area contributed by atoms with Crippen molar-refractivity contribution in [3.63, 3.8) is 0 Å². The molecule has 3 nitrogen and oxygen atoms in total. The van der Waals surface area contributed by atoms with Crippen LogP contribution in [0.4, 0.5) is 0 Å². The van der Waals surface area contributed by atoms with Gasteiger partial charge in [0.05, 0.1) is 5.75 Å². The molecular formula is C16H19NO2S. The van der Waals surface area contributed by atoms with Crippen molar-refractivity contribution in [1.82, 2.24) is 4.98 Å². The molecular weight excluding hydrogens is 270 g/mol. The highest BCUT2D eigenvalue weighted by molar-refractivity contribution is 7.91. The molecule has 0 atom stereocenters. The van der Waals surface area contributed by atoms with E-state index >= 15 is 0 Å². The largest absolute Gasteiger partial charge is 0.245 e. The zero-order valence-corrected chi connectivity index (χ0v) is 12.9. The molecule has 0 amide bonds. The monoisotopic (exact) mass is 289 g/mol. The maximum Gasteiger partial charge on any atom is 0.195 e. The van der Waals surface area contributed by atoms with E-state index in [1.165, 1.54) is 0 Å². The average molecular weight is 289 g/mol. The molecule has 0 N–H and O–H groups in total. The van der Waals surface area contributed by atoms with E-state index in [1.807, 2.05) is 32.9 Å². The lowest BCUT2D eigenvalue weighted by Gasteiger charge is -2.08. The summed E-state index contributed by atoms with van der Waals surface area (Å²) in [7, 11) is -3.32. The lowest BCUT2D eigenvalue weighted by Crippen LogP contribution is -2.11. The molecule has 0 aliphatic heterocycles. The van der Waals surface area contributed by atoms with Gasteiger partial charge in [0.2, 0.25) is 0 Å². The second-order valence-electron chi connectivity index (χ2n) is 5.17. The van der Waals surface area contributed by atoms with Crippen LogP contribution in [-0.4, -0.2) is 19.2 Å². The van der Waals surface area contributed by atoms with Crippen molar-refractivity contribution in [3.05, 3.63) is 58.8 Å². The SMILES string of the molecule is Cc1ccnc(S(=O)(=O)CCc2cc(C)ccc2C)c1. The van der Waals surface area contributed by atoms with Crippen LogP contribution in [0, 0.1) is 20.8 Å². The summed E-state index contributed by atoms with van der Waals surface area (Å²) in [5.74, 6) is 0.0910. The van der Waals surface area contributed by atoms with E-state index in [1.54, 1.807) is 18.3 Å². The van der Waals surface area contributed by atoms with Crippen molar-refractivity contribution < 1.29 is 8.42 Å². The van der Waals surface area contributed by atoms with Gasteiger partial charge in [0.25, 0.3) is 0 Å². The Kier molecular flexibility index (Phi) is 4.23. The molecule has 0 saturated heterocycles. The Bertz CT molecular complexity index is 721. The van der Waals surface area contributed by atoms with Gasteiger partial charge in [-0.1, -0.05) is 23.8 Å². The summed E-state index contributed by atoms with van der Waals surface area (Å²) in [6.07, 6.45) is 2.06. The van der Waals surface area contributed by atoms with Gasteiger partial charge < -0.3 is 0 Å². The number of nitrogens with zero attached hydrogens (tertiary/aromatic N) is 1. The van der Waals surface area contributed by atoms with Crippen LogP contribution in [0.25, 0.3) is 0 Å². The first-order valence-electron chi connectivity index (χ1n) is 6.60. The van der Waals surface area contributed by atoms with E-state index in [4.69, 9.17) is 0 Å². The van der Waals surface area contributed by atoms with Crippen molar-refractivity contribution >= 4 is 9.84 Å². The molecule has 4 heteroatoms. The fourth-order valence-corrected chi connectivity index (χ4v) is 3.38. The van der Waals surface area contributed by atoms with Crippen LogP contribution in [0.1, 0.15) is 22.3 Å². The third kappa shape index (κ3) is 3.45. The second kappa shape index (κ2) is 5.75. The van der Waals surface area contributed by atoms with Gasteiger partial charge in [-0.05, 0) is 56.0 Å². The summed E-state index contributed by atoms with van der Waals surface area (Å²) < 4.78 is 24.6. The highest BCUT2D eigenvalue weighted by atomic mass is 32.2. The number of hydrogen-bond donors (Lipinski definition) is 0. The minimum atomic E-state index is -3.32. The molecule has 1 heterocycles. The Labute approximate surface area is 120 Å². The van der Waals surface area contributed by atoms with E-state index in [2.05, 4.69) is 11.1 Å². The summed E-state index contributed by atoms with van der Waals surface area (Å²) in [5.41, 5.74) is 4.27. The van der Waals surface area contributed by atoms with E-state index in [0.717, 1.165) is 22.3 Å². The maximum atomic E-state index is 12.3. The third-order valence-electron chi connectivity index (χ3n) is 3.35. The minimum Gasteiger partial charge on any atom is -0.245 e. The lowest BCUT2D eigenvalue weighted by atomic mass is 10.0. The van der Waals surface area contributed by atoms with E-state index < -0.39 is 9.84 Å². The molecule has 1 aromatic heterocycles. The maximum absolute atomic E-state index is 12.3. The van der Waals surface area contributed by atoms with Gasteiger partial charge in [0.1, 0.15) is 0 Å². The molecule has 106 valence electrons. The first kappa shape index (κ1) is 14.7. The number of rotatable bonds is 4. The van der Waals surface area contributed by atoms with Crippen molar-refractivity contribution in [3.8, 4) is 0 Å². The Morgan fingerprint density at radius 1 is 1.00 bits per heavy atom. The fraction of sp³-hybridized carbons (Fsp3) is 0.312. The van der Waals surface area contributed by atoms with E-state index in [0.29, 0.717) is 6.42 Å². The lowest BCUT2D eigenvalue weighted by molar-refractivity contribution is 0.591. The summed E-state index contributed by atoms with van der Waals surface area (Å²) >= 11 is 0. The van der Waals surface area contributed by atoms with Crippen LogP contribution < -0.4 is 0 Å². The highest BCUT2D eigenvalue weighted by Gasteiger charge is 2.16. The second-order valence-corrected chi connectivity index (χ2v) is 7.23. The summed E-state index contributed by atoms with van der Waals surface area (Å²) in [6, 6.07) is 9.54. The summed E-state index contributed by atoms with van der Waals surface area (Å²) in [4.78, 5) is 3.98. The molecule has 20 heavy (non-hydrogen) atoms. The van der Waals surface area contributed by atoms with Crippen LogP contribution in [0.2, 0.25) is 0 Å². The Morgan fingerprint density at radius 3 is 2.40 bits per heavy atom. The van der Waals surface area contributed by atoms with Gasteiger partial charge in [0, 0.05) is 6.20 Å². The van der Waals surface area contributed by atoms with Gasteiger partial charge >= 0.3 is 0 Å². The molecule has 0 aliphatic rings. The molecule has 0 fully saturated rings. The van der Waals surface area contributed by atoms with Crippen LogP contribution >= 0.6 is 0 Å². The van der Waals surface area contributed by atoms with E-state index in [-0.39, 0.29) is 10.8 Å². The number of benzene rings is 1. The predicted molar refractivity (Wildman–Crippen MR) is 80.6 cm³/mol. The smallest absolute Gasteiger partial charge is 0.195 e. The molecule has 0 bridgehead atoms. The third-order valence-corrected chi connectivity index (χ3v) is 4.96. The molecule has 0 saturated carbocycles. The molecule has 0 spiro atoms. The number of hydrogen-bond acceptors (Lipinski definition) is 3. The Hall–Kier alpha value is -1.68. The van der Waals surface area contributed by atoms with Crippen LogP contribution in [0.3, 0.4) is 0 Å². The number of pyridine rings is 1. The fourth-order valence-electron chi connectivity index (χ4n) is 2.10. The molecule has 1 aromatic carbocycles. The van der Waals surface area contributed by atoms with Crippen LogP contribution in [0.15, 0.2) is 41.6 Å². The summed E-state index contributed by atoms with van der Waals surface area (Å²) in [5, 5.41) is 0.169. The number of aromatic nitrogens is 1. The van der Waals surface area contributed by atoms with Gasteiger partial charge in [-0.25, -0.2) is 13.4 Å². The van der Waals surface area contributed by atoms with Gasteiger partial charge in [0.15, 0.2) is 14.9 Å². The van der Waals surface area contributed by atoms with E-state index in [9.17, 15) is 8.42 Å². The van der Waals surface area contributed by atoms with Gasteiger partial charge in [-0.2, -0.15) is 0 Å². The molecule has 0 radical (unpaired) electrons. The van der Waals surface area contributed by atoms with Crippen molar-refractivity contribution in [2.45, 2.75) is 32.2 Å². The first-order chi connectivity index (χ1) is 9.38. The minimum absolute atomic E-state index is 0.0910. The normalized spacial score (nSPS) is 11.6. The van der Waals surface area contributed by atoms with Gasteiger partial charge in [-0.3, -0.25) is 0 Å².